The number of rotatable bonds is 8. The van der Waals surface area contributed by atoms with E-state index in [-0.39, 0.29) is 5.83 Å². The molecule has 0 saturated carbocycles. The zero-order valence-corrected chi connectivity index (χ0v) is 16.0. The second-order valence-electron chi connectivity index (χ2n) is 6.68. The SMILES string of the molecule is CCCCC=C(F)c1ccc(C#Cc2ccc(CCCCC)cc2)cc1. The van der Waals surface area contributed by atoms with Crippen molar-refractivity contribution in [2.75, 3.05) is 0 Å². The quantitative estimate of drug-likeness (QED) is 0.346. The van der Waals surface area contributed by atoms with Gasteiger partial charge in [0.1, 0.15) is 5.83 Å². The lowest BCUT2D eigenvalue weighted by Gasteiger charge is -2.00. The molecule has 2 aromatic rings. The average molecular weight is 349 g/mol. The Hall–Kier alpha value is -2.33. The molecule has 0 nitrogen and oxygen atoms in total. The summed E-state index contributed by atoms with van der Waals surface area (Å²) in [6, 6.07) is 15.9. The van der Waals surface area contributed by atoms with Crippen molar-refractivity contribution < 1.29 is 4.39 Å². The highest BCUT2D eigenvalue weighted by atomic mass is 19.1. The van der Waals surface area contributed by atoms with Gasteiger partial charge in [-0.3, -0.25) is 0 Å². The maximum absolute atomic E-state index is 14.0. The Balaban J connectivity index is 1.96. The second kappa shape index (κ2) is 11.3. The zero-order chi connectivity index (χ0) is 18.6. The first-order chi connectivity index (χ1) is 12.7. The Kier molecular flexibility index (Phi) is 8.70. The van der Waals surface area contributed by atoms with E-state index in [1.807, 2.05) is 12.1 Å². The molecule has 0 aliphatic heterocycles. The van der Waals surface area contributed by atoms with Crippen molar-refractivity contribution in [1.29, 1.82) is 0 Å². The van der Waals surface area contributed by atoms with E-state index in [2.05, 4.69) is 50.0 Å². The third-order valence-corrected chi connectivity index (χ3v) is 4.42. The smallest absolute Gasteiger partial charge is 0.126 e. The largest absolute Gasteiger partial charge is 0.207 e. The van der Waals surface area contributed by atoms with Gasteiger partial charge in [0.25, 0.3) is 0 Å². The first-order valence-corrected chi connectivity index (χ1v) is 9.80. The first kappa shape index (κ1) is 20.0. The molecule has 0 aliphatic rings. The van der Waals surface area contributed by atoms with E-state index < -0.39 is 0 Å². The summed E-state index contributed by atoms with van der Waals surface area (Å²) in [6.45, 7) is 4.33. The van der Waals surface area contributed by atoms with Crippen LogP contribution in [-0.4, -0.2) is 0 Å². The number of unbranched alkanes of at least 4 members (excludes halogenated alkanes) is 4. The topological polar surface area (TPSA) is 0 Å². The van der Waals surface area contributed by atoms with Crippen LogP contribution in [0.2, 0.25) is 0 Å². The summed E-state index contributed by atoms with van der Waals surface area (Å²) in [5.74, 6) is 6.20. The molecule has 0 fully saturated rings. The Morgan fingerprint density at radius 1 is 0.808 bits per heavy atom. The van der Waals surface area contributed by atoms with E-state index in [0.29, 0.717) is 5.56 Å². The predicted octanol–water partition coefficient (Wildman–Crippen LogP) is 7.32. The van der Waals surface area contributed by atoms with E-state index in [1.165, 1.54) is 24.8 Å². The lowest BCUT2D eigenvalue weighted by Crippen LogP contribution is -1.85. The highest BCUT2D eigenvalue weighted by Gasteiger charge is 1.99. The van der Waals surface area contributed by atoms with E-state index >= 15 is 0 Å². The lowest BCUT2D eigenvalue weighted by atomic mass is 10.1. The Morgan fingerprint density at radius 3 is 1.96 bits per heavy atom. The fourth-order valence-corrected chi connectivity index (χ4v) is 2.74. The lowest BCUT2D eigenvalue weighted by molar-refractivity contribution is 0.717. The van der Waals surface area contributed by atoms with Crippen LogP contribution in [0.25, 0.3) is 5.83 Å². The van der Waals surface area contributed by atoms with Gasteiger partial charge in [0.05, 0.1) is 0 Å². The molecule has 0 aromatic heterocycles. The van der Waals surface area contributed by atoms with Crippen molar-refractivity contribution in [3.63, 3.8) is 0 Å². The van der Waals surface area contributed by atoms with Crippen LogP contribution in [-0.2, 0) is 6.42 Å². The first-order valence-electron chi connectivity index (χ1n) is 9.80. The van der Waals surface area contributed by atoms with Crippen LogP contribution in [0.3, 0.4) is 0 Å². The summed E-state index contributed by atoms with van der Waals surface area (Å²) < 4.78 is 14.0. The van der Waals surface area contributed by atoms with Crippen molar-refractivity contribution in [1.82, 2.24) is 0 Å². The maximum atomic E-state index is 14.0. The number of benzene rings is 2. The molecule has 0 aliphatic carbocycles. The van der Waals surface area contributed by atoms with Crippen LogP contribution in [0.5, 0.6) is 0 Å². The molecule has 0 bridgehead atoms. The molecule has 0 saturated heterocycles. The number of allylic oxidation sites excluding steroid dienone is 1. The number of aryl methyl sites for hydroxylation is 1. The van der Waals surface area contributed by atoms with Gasteiger partial charge < -0.3 is 0 Å². The van der Waals surface area contributed by atoms with Crippen molar-refractivity contribution in [2.45, 2.75) is 58.8 Å². The number of halogens is 1. The third kappa shape index (κ3) is 6.89. The minimum absolute atomic E-state index is 0.142. The summed E-state index contributed by atoms with van der Waals surface area (Å²) in [6.07, 6.45) is 9.49. The van der Waals surface area contributed by atoms with Gasteiger partial charge in [-0.15, -0.1) is 0 Å². The fraction of sp³-hybridized carbons (Fsp3) is 0.360. The van der Waals surface area contributed by atoms with E-state index in [9.17, 15) is 4.39 Å². The van der Waals surface area contributed by atoms with Crippen LogP contribution >= 0.6 is 0 Å². The van der Waals surface area contributed by atoms with Gasteiger partial charge in [0.15, 0.2) is 0 Å². The minimum Gasteiger partial charge on any atom is -0.207 e. The van der Waals surface area contributed by atoms with Gasteiger partial charge in [0.2, 0.25) is 0 Å². The summed E-state index contributed by atoms with van der Waals surface area (Å²) in [5, 5.41) is 0. The molecule has 0 heterocycles. The molecule has 0 amide bonds. The van der Waals surface area contributed by atoms with E-state index in [4.69, 9.17) is 0 Å². The maximum Gasteiger partial charge on any atom is 0.126 e. The molecular formula is C25H29F. The van der Waals surface area contributed by atoms with Crippen molar-refractivity contribution in [3.8, 4) is 11.8 Å². The van der Waals surface area contributed by atoms with Gasteiger partial charge in [0, 0.05) is 16.7 Å². The average Bonchev–Trinajstić information content (AvgIpc) is 2.68. The molecule has 26 heavy (non-hydrogen) atoms. The minimum atomic E-state index is -0.142. The van der Waals surface area contributed by atoms with Crippen LogP contribution in [0.1, 0.15) is 74.6 Å². The van der Waals surface area contributed by atoms with Crippen LogP contribution in [0.15, 0.2) is 54.6 Å². The molecule has 0 spiro atoms. The Bertz CT molecular complexity index is 739. The molecule has 0 atom stereocenters. The number of hydrogen-bond donors (Lipinski definition) is 0. The standard InChI is InChI=1S/C25H29F/c1-3-5-7-9-21-11-13-22(14-12-21)15-16-23-17-19-24(20-18-23)25(26)10-8-6-4-2/h10-14,17-20H,3-9H2,1-2H3. The fourth-order valence-electron chi connectivity index (χ4n) is 2.74. The van der Waals surface area contributed by atoms with Gasteiger partial charge in [-0.05, 0) is 61.6 Å². The molecule has 2 rings (SSSR count). The molecule has 0 N–H and O–H groups in total. The Morgan fingerprint density at radius 2 is 1.38 bits per heavy atom. The molecule has 1 heteroatoms. The summed E-state index contributed by atoms with van der Waals surface area (Å²) in [7, 11) is 0. The molecule has 2 aromatic carbocycles. The van der Waals surface area contributed by atoms with E-state index in [1.54, 1.807) is 18.2 Å². The third-order valence-electron chi connectivity index (χ3n) is 4.42. The van der Waals surface area contributed by atoms with Gasteiger partial charge in [-0.1, -0.05) is 69.2 Å². The predicted molar refractivity (Wildman–Crippen MR) is 111 cm³/mol. The zero-order valence-electron chi connectivity index (χ0n) is 16.0. The normalized spacial score (nSPS) is 11.1. The Labute approximate surface area is 158 Å². The highest BCUT2D eigenvalue weighted by Crippen LogP contribution is 2.18. The molecule has 136 valence electrons. The summed E-state index contributed by atoms with van der Waals surface area (Å²) >= 11 is 0. The van der Waals surface area contributed by atoms with Crippen LogP contribution in [0.4, 0.5) is 4.39 Å². The second-order valence-corrected chi connectivity index (χ2v) is 6.68. The van der Waals surface area contributed by atoms with Crippen molar-refractivity contribution >= 4 is 5.83 Å². The van der Waals surface area contributed by atoms with Crippen LogP contribution < -0.4 is 0 Å². The number of hydrogen-bond acceptors (Lipinski definition) is 0. The molecule has 0 unspecified atom stereocenters. The van der Waals surface area contributed by atoms with Gasteiger partial charge in [-0.2, -0.15) is 0 Å². The van der Waals surface area contributed by atoms with Gasteiger partial charge >= 0.3 is 0 Å². The summed E-state index contributed by atoms with van der Waals surface area (Å²) in [5.41, 5.74) is 3.92. The highest BCUT2D eigenvalue weighted by molar-refractivity contribution is 5.60. The van der Waals surface area contributed by atoms with Crippen molar-refractivity contribution in [3.05, 3.63) is 76.9 Å². The summed E-state index contributed by atoms with van der Waals surface area (Å²) in [4.78, 5) is 0. The van der Waals surface area contributed by atoms with Crippen LogP contribution in [0, 0.1) is 11.8 Å². The van der Waals surface area contributed by atoms with Gasteiger partial charge in [-0.25, -0.2) is 4.39 Å². The van der Waals surface area contributed by atoms with E-state index in [0.717, 1.165) is 36.8 Å². The monoisotopic (exact) mass is 348 g/mol. The van der Waals surface area contributed by atoms with Crippen molar-refractivity contribution in [2.24, 2.45) is 0 Å². The molecular weight excluding hydrogens is 319 g/mol. The molecule has 0 radical (unpaired) electrons.